The second-order valence-electron chi connectivity index (χ2n) is 6.06. The van der Waals surface area contributed by atoms with Crippen LogP contribution in [0.15, 0.2) is 33.9 Å². The third-order valence-corrected chi connectivity index (χ3v) is 4.72. The fraction of sp³-hybridized carbons (Fsp3) is 0.353. The molecule has 1 aliphatic rings. The van der Waals surface area contributed by atoms with Gasteiger partial charge in [0.05, 0.1) is 0 Å². The second kappa shape index (κ2) is 5.09. The van der Waals surface area contributed by atoms with E-state index in [0.29, 0.717) is 24.3 Å². The Morgan fingerprint density at radius 1 is 1.17 bits per heavy atom. The quantitative estimate of drug-likeness (QED) is 0.714. The summed E-state index contributed by atoms with van der Waals surface area (Å²) in [4.78, 5) is 31.8. The van der Waals surface area contributed by atoms with E-state index < -0.39 is 0 Å². The van der Waals surface area contributed by atoms with Crippen molar-refractivity contribution < 1.29 is 0 Å². The maximum absolute atomic E-state index is 12.7. The van der Waals surface area contributed by atoms with E-state index >= 15 is 0 Å². The number of fused-ring (bicyclic) bond motifs is 3. The molecular weight excluding hydrogens is 306 g/mol. The second-order valence-corrected chi connectivity index (χ2v) is 6.06. The molecule has 0 aliphatic carbocycles. The number of anilines is 2. The van der Waals surface area contributed by atoms with Crippen LogP contribution in [0, 0.1) is 6.92 Å². The summed E-state index contributed by atoms with van der Waals surface area (Å²) >= 11 is 0. The smallest absolute Gasteiger partial charge is 0.310 e. The first-order valence-corrected chi connectivity index (χ1v) is 8.07. The van der Waals surface area contributed by atoms with Gasteiger partial charge >= 0.3 is 5.69 Å². The molecule has 7 heteroatoms. The monoisotopic (exact) mass is 325 g/mol. The highest BCUT2D eigenvalue weighted by atomic mass is 16.2. The number of aryl methyl sites for hydroxylation is 2. The Bertz CT molecular complexity index is 1070. The Balaban J connectivity index is 2.02. The van der Waals surface area contributed by atoms with Gasteiger partial charge in [0.25, 0.3) is 5.56 Å². The summed E-state index contributed by atoms with van der Waals surface area (Å²) in [6.45, 7) is 5.65. The lowest BCUT2D eigenvalue weighted by molar-refractivity contribution is 0.633. The Hall–Kier alpha value is -2.83. The molecule has 0 atom stereocenters. The summed E-state index contributed by atoms with van der Waals surface area (Å²) in [6, 6.07) is 8.10. The van der Waals surface area contributed by atoms with E-state index in [4.69, 9.17) is 0 Å². The van der Waals surface area contributed by atoms with Crippen molar-refractivity contribution in [3.05, 3.63) is 50.7 Å². The Morgan fingerprint density at radius 2 is 1.92 bits per heavy atom. The number of hydrogen-bond donors (Lipinski definition) is 0. The van der Waals surface area contributed by atoms with Crippen LogP contribution in [-0.2, 0) is 20.1 Å². The number of para-hydroxylation sites is 1. The molecule has 24 heavy (non-hydrogen) atoms. The van der Waals surface area contributed by atoms with Gasteiger partial charge in [0.15, 0.2) is 11.2 Å². The van der Waals surface area contributed by atoms with Crippen molar-refractivity contribution in [1.82, 2.24) is 18.7 Å². The maximum Gasteiger partial charge on any atom is 0.332 e. The van der Waals surface area contributed by atoms with Gasteiger partial charge in [-0.05, 0) is 25.5 Å². The van der Waals surface area contributed by atoms with Crippen LogP contribution in [0.2, 0.25) is 0 Å². The van der Waals surface area contributed by atoms with Crippen molar-refractivity contribution in [3.63, 3.8) is 0 Å². The zero-order chi connectivity index (χ0) is 17.0. The molecule has 0 spiro atoms. The molecule has 4 rings (SSSR count). The first-order chi connectivity index (χ1) is 11.5. The number of imidazole rings is 1. The molecule has 2 aromatic heterocycles. The van der Waals surface area contributed by atoms with Gasteiger partial charge < -0.3 is 9.47 Å². The van der Waals surface area contributed by atoms with Gasteiger partial charge in [-0.1, -0.05) is 18.2 Å². The fourth-order valence-electron chi connectivity index (χ4n) is 3.45. The van der Waals surface area contributed by atoms with Gasteiger partial charge in [0.2, 0.25) is 5.95 Å². The molecule has 7 nitrogen and oxygen atoms in total. The first kappa shape index (κ1) is 14.7. The summed E-state index contributed by atoms with van der Waals surface area (Å²) < 4.78 is 4.64. The summed E-state index contributed by atoms with van der Waals surface area (Å²) in [5.74, 6) is 0.722. The van der Waals surface area contributed by atoms with Crippen molar-refractivity contribution in [2.45, 2.75) is 26.9 Å². The molecule has 3 aromatic rings. The highest BCUT2D eigenvalue weighted by Gasteiger charge is 2.28. The van der Waals surface area contributed by atoms with Crippen molar-refractivity contribution in [2.75, 3.05) is 11.4 Å². The molecule has 3 heterocycles. The predicted octanol–water partition coefficient (Wildman–Crippen LogP) is 1.38. The van der Waals surface area contributed by atoms with Crippen molar-refractivity contribution in [1.29, 1.82) is 0 Å². The molecule has 0 radical (unpaired) electrons. The minimum absolute atomic E-state index is 0.263. The van der Waals surface area contributed by atoms with Crippen LogP contribution in [0.25, 0.3) is 11.2 Å². The van der Waals surface area contributed by atoms with E-state index in [2.05, 4.69) is 22.9 Å². The van der Waals surface area contributed by atoms with E-state index in [-0.39, 0.29) is 11.2 Å². The van der Waals surface area contributed by atoms with Crippen LogP contribution in [0.1, 0.15) is 12.5 Å². The Labute approximate surface area is 138 Å². The van der Waals surface area contributed by atoms with Gasteiger partial charge in [0.1, 0.15) is 0 Å². The summed E-state index contributed by atoms with van der Waals surface area (Å²) in [5, 5.41) is 0. The molecule has 0 amide bonds. The van der Waals surface area contributed by atoms with Gasteiger partial charge in [-0.15, -0.1) is 0 Å². The molecule has 0 saturated carbocycles. The number of benzene rings is 1. The lowest BCUT2D eigenvalue weighted by atomic mass is 10.2. The summed E-state index contributed by atoms with van der Waals surface area (Å²) in [7, 11) is 1.66. The van der Waals surface area contributed by atoms with Crippen molar-refractivity contribution in [3.8, 4) is 0 Å². The summed E-state index contributed by atoms with van der Waals surface area (Å²) in [5.41, 5.74) is 2.59. The van der Waals surface area contributed by atoms with E-state index in [1.165, 1.54) is 9.13 Å². The van der Waals surface area contributed by atoms with E-state index in [9.17, 15) is 9.59 Å². The fourth-order valence-corrected chi connectivity index (χ4v) is 3.45. The third-order valence-electron chi connectivity index (χ3n) is 4.72. The van der Waals surface area contributed by atoms with Crippen LogP contribution in [0.5, 0.6) is 0 Å². The highest BCUT2D eigenvalue weighted by Crippen LogP contribution is 2.33. The zero-order valence-electron chi connectivity index (χ0n) is 14.0. The van der Waals surface area contributed by atoms with Crippen LogP contribution >= 0.6 is 0 Å². The van der Waals surface area contributed by atoms with Crippen LogP contribution < -0.4 is 16.1 Å². The van der Waals surface area contributed by atoms with Crippen LogP contribution in [0.4, 0.5) is 11.6 Å². The summed E-state index contributed by atoms with van der Waals surface area (Å²) in [6.07, 6.45) is 0. The first-order valence-electron chi connectivity index (χ1n) is 8.07. The molecule has 0 unspecified atom stereocenters. The topological polar surface area (TPSA) is 65.1 Å². The standard InChI is InChI=1S/C17H19N5O2/c1-4-20-15(23)13-14(19(3)17(20)24)18-16-21(9-10-22(13)16)12-8-6-5-7-11(12)2/h5-8H,4,9-10H2,1-3H3. The largest absolute Gasteiger partial charge is 0.332 e. The van der Waals surface area contributed by atoms with E-state index in [1.807, 2.05) is 22.8 Å². The number of aromatic nitrogens is 4. The molecule has 0 N–H and O–H groups in total. The predicted molar refractivity (Wildman–Crippen MR) is 93.1 cm³/mol. The number of rotatable bonds is 2. The normalized spacial score (nSPS) is 13.7. The number of hydrogen-bond acceptors (Lipinski definition) is 4. The molecule has 1 aliphatic heterocycles. The molecule has 0 fully saturated rings. The third kappa shape index (κ3) is 1.81. The number of nitrogens with zero attached hydrogens (tertiary/aromatic N) is 5. The molecule has 0 saturated heterocycles. The minimum atomic E-state index is -0.325. The minimum Gasteiger partial charge on any atom is -0.310 e. The van der Waals surface area contributed by atoms with Gasteiger partial charge in [0, 0.05) is 32.4 Å². The van der Waals surface area contributed by atoms with Gasteiger partial charge in [-0.2, -0.15) is 4.98 Å². The lowest BCUT2D eigenvalue weighted by Gasteiger charge is -2.18. The van der Waals surface area contributed by atoms with Gasteiger partial charge in [-0.25, -0.2) is 4.79 Å². The Morgan fingerprint density at radius 3 is 2.62 bits per heavy atom. The van der Waals surface area contributed by atoms with Crippen molar-refractivity contribution >= 4 is 22.8 Å². The molecule has 124 valence electrons. The molecule has 1 aromatic carbocycles. The molecular formula is C17H19N5O2. The SMILES string of the molecule is CCn1c(=O)c2c(nc3n2CCN3c2ccccc2C)n(C)c1=O. The van der Waals surface area contributed by atoms with Crippen LogP contribution in [0.3, 0.4) is 0 Å². The van der Waals surface area contributed by atoms with E-state index in [0.717, 1.165) is 23.7 Å². The Kier molecular flexibility index (Phi) is 3.13. The van der Waals surface area contributed by atoms with E-state index in [1.54, 1.807) is 14.0 Å². The van der Waals surface area contributed by atoms with Gasteiger partial charge in [-0.3, -0.25) is 13.9 Å². The average Bonchev–Trinajstić information content (AvgIpc) is 3.13. The average molecular weight is 325 g/mol. The van der Waals surface area contributed by atoms with Crippen LogP contribution in [-0.4, -0.2) is 25.2 Å². The van der Waals surface area contributed by atoms with Crippen molar-refractivity contribution in [2.24, 2.45) is 7.05 Å². The lowest BCUT2D eigenvalue weighted by Crippen LogP contribution is -2.39. The molecule has 0 bridgehead atoms. The highest BCUT2D eigenvalue weighted by molar-refractivity contribution is 5.78. The maximum atomic E-state index is 12.7. The zero-order valence-corrected chi connectivity index (χ0v) is 14.0.